The number of anilines is 1. The lowest BCUT2D eigenvalue weighted by atomic mass is 9.87. The van der Waals surface area contributed by atoms with E-state index in [2.05, 4.69) is 0 Å². The summed E-state index contributed by atoms with van der Waals surface area (Å²) < 4.78 is 41.7. The van der Waals surface area contributed by atoms with Gasteiger partial charge in [0.2, 0.25) is 9.84 Å². The molecule has 0 aliphatic carbocycles. The largest absolute Gasteiger partial charge is 0.496 e. The van der Waals surface area contributed by atoms with E-state index in [4.69, 9.17) is 25.8 Å². The second-order valence-electron chi connectivity index (χ2n) is 8.31. The first-order valence-electron chi connectivity index (χ1n) is 10.0. The number of rotatable bonds is 7. The van der Waals surface area contributed by atoms with Gasteiger partial charge >= 0.3 is 5.97 Å². The number of nitrogens with two attached hydrogens (primary N) is 2. The molecule has 0 fully saturated rings. The highest BCUT2D eigenvalue weighted by Crippen LogP contribution is 2.37. The summed E-state index contributed by atoms with van der Waals surface area (Å²) in [5.41, 5.74) is 7.35. The van der Waals surface area contributed by atoms with Gasteiger partial charge in [-0.05, 0) is 30.0 Å². The monoisotopic (exact) mass is 477 g/mol. The third-order valence-electron chi connectivity index (χ3n) is 5.20. The quantitative estimate of drug-likeness (QED) is 0.350. The van der Waals surface area contributed by atoms with Crippen molar-refractivity contribution in [2.24, 2.45) is 11.6 Å². The lowest BCUT2D eigenvalue weighted by molar-refractivity contribution is 0.0596. The molecule has 0 spiro atoms. The summed E-state index contributed by atoms with van der Waals surface area (Å²) in [5.74, 6) is 5.96. The van der Waals surface area contributed by atoms with Crippen LogP contribution in [-0.2, 0) is 20.0 Å². The van der Waals surface area contributed by atoms with E-state index in [1.165, 1.54) is 52.5 Å². The van der Waals surface area contributed by atoms with Crippen molar-refractivity contribution >= 4 is 21.5 Å². The lowest BCUT2D eigenvalue weighted by Gasteiger charge is -2.24. The molecule has 33 heavy (non-hydrogen) atoms. The number of benzene rings is 2. The third kappa shape index (κ3) is 5.23. The smallest absolute Gasteiger partial charge is 0.341 e. The molecule has 2 aromatic carbocycles. The van der Waals surface area contributed by atoms with Crippen LogP contribution in [0.2, 0.25) is 0 Å². The number of hydrazine groups is 1. The first kappa shape index (κ1) is 26.0. The van der Waals surface area contributed by atoms with Crippen LogP contribution >= 0.6 is 0 Å². The molecule has 0 aromatic heterocycles. The van der Waals surface area contributed by atoms with Crippen LogP contribution in [0.4, 0.5) is 5.69 Å². The Morgan fingerprint density at radius 1 is 0.970 bits per heavy atom. The van der Waals surface area contributed by atoms with Gasteiger partial charge in [-0.1, -0.05) is 32.9 Å². The van der Waals surface area contributed by atoms with Crippen LogP contribution in [0.25, 0.3) is 0 Å². The van der Waals surface area contributed by atoms with Crippen LogP contribution < -0.4 is 26.1 Å². The van der Waals surface area contributed by atoms with Gasteiger partial charge in [-0.25, -0.2) is 19.1 Å². The molecular formula is C23H31N3O6S. The van der Waals surface area contributed by atoms with Crippen LogP contribution in [-0.4, -0.2) is 35.7 Å². The van der Waals surface area contributed by atoms with E-state index in [0.717, 1.165) is 10.6 Å². The predicted molar refractivity (Wildman–Crippen MR) is 127 cm³/mol. The number of methoxy groups -OCH3 is 3. The van der Waals surface area contributed by atoms with E-state index in [-0.39, 0.29) is 38.8 Å². The van der Waals surface area contributed by atoms with Crippen molar-refractivity contribution in [3.05, 3.63) is 58.3 Å². The number of nitrogens with zero attached hydrogens (tertiary/aromatic N) is 1. The lowest BCUT2D eigenvalue weighted by Crippen LogP contribution is -2.33. The molecular weight excluding hydrogens is 446 g/mol. The van der Waals surface area contributed by atoms with Crippen molar-refractivity contribution in [3.63, 3.8) is 0 Å². The minimum Gasteiger partial charge on any atom is -0.496 e. The number of hydrogen-bond donors (Lipinski definition) is 2. The fraction of sp³-hybridized carbons (Fsp3) is 0.348. The Bertz CT molecular complexity index is 1170. The van der Waals surface area contributed by atoms with E-state index in [1.54, 1.807) is 12.1 Å². The summed E-state index contributed by atoms with van der Waals surface area (Å²) >= 11 is 0. The van der Waals surface area contributed by atoms with Gasteiger partial charge in [0.25, 0.3) is 0 Å². The van der Waals surface area contributed by atoms with E-state index < -0.39 is 20.8 Å². The summed E-state index contributed by atoms with van der Waals surface area (Å²) in [6, 6.07) is 9.39. The fourth-order valence-electron chi connectivity index (χ4n) is 3.09. The Morgan fingerprint density at radius 2 is 1.52 bits per heavy atom. The van der Waals surface area contributed by atoms with Crippen LogP contribution in [0.15, 0.2) is 52.0 Å². The molecule has 9 nitrogen and oxygen atoms in total. The SMILES string of the molecule is COC(=O)c1cc(OC)c(N(N)/C(C)=C(\N)S(=O)(=O)c2ccc(C(C)(C)C)cc2)cc1OC. The van der Waals surface area contributed by atoms with Crippen molar-refractivity contribution in [2.45, 2.75) is 38.0 Å². The number of esters is 1. The molecule has 0 amide bonds. The Kier molecular flexibility index (Phi) is 7.66. The number of sulfone groups is 1. The average molecular weight is 478 g/mol. The first-order chi connectivity index (χ1) is 15.3. The second kappa shape index (κ2) is 9.72. The molecule has 0 aliphatic heterocycles. The summed E-state index contributed by atoms with van der Waals surface area (Å²) in [5, 5.41) is 0.644. The minimum atomic E-state index is -4.02. The van der Waals surface area contributed by atoms with Gasteiger partial charge in [-0.15, -0.1) is 0 Å². The molecule has 0 radical (unpaired) electrons. The predicted octanol–water partition coefficient (Wildman–Crippen LogP) is 3.09. The highest BCUT2D eigenvalue weighted by atomic mass is 32.2. The maximum absolute atomic E-state index is 13.1. The zero-order valence-electron chi connectivity index (χ0n) is 19.9. The molecule has 2 rings (SSSR count). The minimum absolute atomic E-state index is 0.0475. The van der Waals surface area contributed by atoms with Crippen molar-refractivity contribution in [1.82, 2.24) is 0 Å². The van der Waals surface area contributed by atoms with Gasteiger partial charge in [0.15, 0.2) is 5.03 Å². The Balaban J connectivity index is 2.55. The Hall–Kier alpha value is -3.24. The standard InChI is InChI=1S/C23H31N3O6S/c1-14(21(24)33(28,29)16-10-8-15(9-11-16)23(2,3)4)26(25)18-13-19(30-5)17(22(27)32-7)12-20(18)31-6/h8-13H,24-25H2,1-7H3/b21-14+. The Morgan fingerprint density at radius 3 is 1.97 bits per heavy atom. The van der Waals surface area contributed by atoms with Crippen LogP contribution in [0, 0.1) is 0 Å². The van der Waals surface area contributed by atoms with Crippen molar-refractivity contribution in [2.75, 3.05) is 26.3 Å². The highest BCUT2D eigenvalue weighted by Gasteiger charge is 2.26. The molecule has 0 saturated carbocycles. The molecule has 0 bridgehead atoms. The number of carbonyl (C=O) groups is 1. The van der Waals surface area contributed by atoms with E-state index >= 15 is 0 Å². The zero-order valence-corrected chi connectivity index (χ0v) is 20.7. The molecule has 4 N–H and O–H groups in total. The number of allylic oxidation sites excluding steroid dienone is 1. The summed E-state index contributed by atoms with van der Waals surface area (Å²) in [6.07, 6.45) is 0. The maximum Gasteiger partial charge on any atom is 0.341 e. The summed E-state index contributed by atoms with van der Waals surface area (Å²) in [6.45, 7) is 7.58. The van der Waals surface area contributed by atoms with Gasteiger partial charge in [0.05, 0.1) is 31.9 Å². The van der Waals surface area contributed by atoms with Gasteiger partial charge < -0.3 is 19.9 Å². The third-order valence-corrected chi connectivity index (χ3v) is 6.97. The second-order valence-corrected chi connectivity index (χ2v) is 10.2. The van der Waals surface area contributed by atoms with Gasteiger partial charge in [0.1, 0.15) is 22.7 Å². The highest BCUT2D eigenvalue weighted by molar-refractivity contribution is 7.95. The van der Waals surface area contributed by atoms with Gasteiger partial charge in [-0.2, -0.15) is 0 Å². The normalized spacial score (nSPS) is 12.6. The molecule has 180 valence electrons. The van der Waals surface area contributed by atoms with Crippen molar-refractivity contribution in [1.29, 1.82) is 0 Å². The molecule has 2 aromatic rings. The van der Waals surface area contributed by atoms with E-state index in [1.807, 2.05) is 20.8 Å². The van der Waals surface area contributed by atoms with Crippen LogP contribution in [0.1, 0.15) is 43.6 Å². The van der Waals surface area contributed by atoms with Gasteiger partial charge in [0, 0.05) is 12.1 Å². The number of hydrogen-bond acceptors (Lipinski definition) is 9. The van der Waals surface area contributed by atoms with Crippen LogP contribution in [0.5, 0.6) is 11.5 Å². The van der Waals surface area contributed by atoms with Gasteiger partial charge in [-0.3, -0.25) is 5.01 Å². The average Bonchev–Trinajstić information content (AvgIpc) is 2.80. The molecule has 10 heteroatoms. The topological polar surface area (TPSA) is 134 Å². The molecule has 0 atom stereocenters. The number of ether oxygens (including phenoxy) is 3. The Labute approximate surface area is 194 Å². The molecule has 0 unspecified atom stereocenters. The van der Waals surface area contributed by atoms with Crippen molar-refractivity contribution < 1.29 is 27.4 Å². The molecule has 0 heterocycles. The number of carbonyl (C=O) groups excluding carboxylic acids is 1. The maximum atomic E-state index is 13.1. The molecule has 0 aliphatic rings. The van der Waals surface area contributed by atoms with E-state index in [9.17, 15) is 13.2 Å². The van der Waals surface area contributed by atoms with E-state index in [0.29, 0.717) is 0 Å². The zero-order chi connectivity index (χ0) is 25.1. The van der Waals surface area contributed by atoms with Crippen molar-refractivity contribution in [3.8, 4) is 11.5 Å². The fourth-order valence-corrected chi connectivity index (χ4v) is 4.33. The summed E-state index contributed by atoms with van der Waals surface area (Å²) in [4.78, 5) is 12.1. The first-order valence-corrected chi connectivity index (χ1v) is 11.5. The summed E-state index contributed by atoms with van der Waals surface area (Å²) in [7, 11) is -0.0231. The van der Waals surface area contributed by atoms with Crippen LogP contribution in [0.3, 0.4) is 0 Å². The molecule has 0 saturated heterocycles.